The monoisotopic (exact) mass is 581 g/mol. The number of aliphatic hydroxyl groups is 3. The van der Waals surface area contributed by atoms with E-state index in [1.807, 2.05) is 19.0 Å². The minimum atomic E-state index is -2.64. The molecule has 216 valence electrons. The molecule has 2 aromatic carbocycles. The summed E-state index contributed by atoms with van der Waals surface area (Å²) in [6.45, 7) is 0. The van der Waals surface area contributed by atoms with Crippen LogP contribution in [0.2, 0.25) is 5.02 Å². The van der Waals surface area contributed by atoms with Gasteiger partial charge in [-0.15, -0.1) is 0 Å². The average Bonchev–Trinajstić information content (AvgIpc) is 2.91. The Morgan fingerprint density at radius 1 is 1.07 bits per heavy atom. The van der Waals surface area contributed by atoms with Crippen LogP contribution in [-0.4, -0.2) is 89.7 Å². The molecule has 5 rings (SSSR count). The molecular weight excluding hydrogens is 550 g/mol. The fraction of sp³-hybridized carbons (Fsp3) is 0.367. The van der Waals surface area contributed by atoms with Gasteiger partial charge in [-0.1, -0.05) is 23.7 Å². The third kappa shape index (κ3) is 4.04. The fourth-order valence-electron chi connectivity index (χ4n) is 6.65. The highest BCUT2D eigenvalue weighted by Gasteiger charge is 2.64. The number of aliphatic hydroxyl groups excluding tert-OH is 2. The summed E-state index contributed by atoms with van der Waals surface area (Å²) in [5.41, 5.74) is -1.13. The number of anilines is 1. The summed E-state index contributed by atoms with van der Waals surface area (Å²) in [4.78, 5) is 43.6. The molecule has 0 unspecified atom stereocenters. The van der Waals surface area contributed by atoms with Crippen molar-refractivity contribution in [2.45, 2.75) is 24.5 Å². The zero-order valence-corrected chi connectivity index (χ0v) is 24.1. The topological polar surface area (TPSA) is 151 Å². The summed E-state index contributed by atoms with van der Waals surface area (Å²) in [7, 11) is 8.10. The van der Waals surface area contributed by atoms with Crippen molar-refractivity contribution in [2.24, 2.45) is 11.8 Å². The molecule has 11 heteroatoms. The van der Waals surface area contributed by atoms with Crippen molar-refractivity contribution in [1.29, 1.82) is 0 Å². The molecular formula is C30H32ClN3O7. The van der Waals surface area contributed by atoms with Gasteiger partial charge in [0.1, 0.15) is 22.8 Å². The number of fused-ring (bicyclic) bond motifs is 3. The molecule has 0 aliphatic heterocycles. The molecule has 41 heavy (non-hydrogen) atoms. The molecule has 3 aliphatic rings. The lowest BCUT2D eigenvalue weighted by Crippen LogP contribution is -2.65. The number of halogens is 1. The van der Waals surface area contributed by atoms with Crippen LogP contribution in [0, 0.1) is 11.8 Å². The third-order valence-electron chi connectivity index (χ3n) is 8.54. The predicted octanol–water partition coefficient (Wildman–Crippen LogP) is 2.61. The zero-order chi connectivity index (χ0) is 30.1. The molecule has 2 aromatic rings. The van der Waals surface area contributed by atoms with Crippen LogP contribution in [0.25, 0.3) is 16.9 Å². The highest BCUT2D eigenvalue weighted by molar-refractivity contribution is 6.30. The maximum atomic E-state index is 14.2. The van der Waals surface area contributed by atoms with Crippen LogP contribution in [-0.2, 0) is 20.8 Å². The number of hydrogen-bond acceptors (Lipinski definition) is 9. The Balaban J connectivity index is 1.77. The second-order valence-electron chi connectivity index (χ2n) is 11.2. The highest BCUT2D eigenvalue weighted by Crippen LogP contribution is 2.55. The Labute approximate surface area is 242 Å². The van der Waals surface area contributed by atoms with Crippen LogP contribution >= 0.6 is 11.6 Å². The van der Waals surface area contributed by atoms with Crippen molar-refractivity contribution in [2.75, 3.05) is 40.1 Å². The Morgan fingerprint density at radius 2 is 1.71 bits per heavy atom. The van der Waals surface area contributed by atoms with Crippen LogP contribution in [0.15, 0.2) is 47.2 Å². The quantitative estimate of drug-likeness (QED) is 0.343. The van der Waals surface area contributed by atoms with Crippen molar-refractivity contribution < 1.29 is 34.8 Å². The first kappa shape index (κ1) is 28.7. The summed E-state index contributed by atoms with van der Waals surface area (Å²) in [5.74, 6) is -6.19. The number of nitrogens with zero attached hydrogens (tertiary/aromatic N) is 2. The minimum absolute atomic E-state index is 0.0489. The summed E-state index contributed by atoms with van der Waals surface area (Å²) in [5, 5.41) is 49.0. The van der Waals surface area contributed by atoms with Gasteiger partial charge in [0.05, 0.1) is 11.6 Å². The molecule has 0 heterocycles. The maximum absolute atomic E-state index is 14.2. The number of ketones is 2. The molecule has 0 aromatic heterocycles. The van der Waals surface area contributed by atoms with E-state index in [4.69, 9.17) is 11.6 Å². The summed E-state index contributed by atoms with van der Waals surface area (Å²) < 4.78 is 0. The summed E-state index contributed by atoms with van der Waals surface area (Å²) in [6.07, 6.45) is 0.267. The predicted molar refractivity (Wildman–Crippen MR) is 154 cm³/mol. The number of nitrogens with one attached hydrogen (secondary N) is 1. The standard InChI is InChI=1S/C30H32ClN3O7/c1-32-29(40)22-26(37)23(34(4)5)18-11-14-10-17-19(33(2)3)12-16(13-6-8-15(31)9-7-13)24(35)21(17)25(36)20(14)27(38)30(18,41)28(22)39/h6-9,12,14,18,23,35-36,39,41H,10-11H2,1-5H3,(H,32,40)/t14-,18-,23-,30-/m0/s1. The van der Waals surface area contributed by atoms with Gasteiger partial charge in [-0.25, -0.2) is 0 Å². The average molecular weight is 582 g/mol. The lowest BCUT2D eigenvalue weighted by atomic mass is 9.57. The lowest BCUT2D eigenvalue weighted by Gasteiger charge is -2.50. The second-order valence-corrected chi connectivity index (χ2v) is 11.7. The molecule has 4 atom stereocenters. The van der Waals surface area contributed by atoms with E-state index in [0.717, 1.165) is 0 Å². The highest BCUT2D eigenvalue weighted by atomic mass is 35.5. The van der Waals surface area contributed by atoms with E-state index in [-0.39, 0.29) is 29.7 Å². The van der Waals surface area contributed by atoms with Crippen molar-refractivity contribution in [3.63, 3.8) is 0 Å². The molecule has 5 N–H and O–H groups in total. The number of benzene rings is 2. The molecule has 1 saturated carbocycles. The normalized spacial score (nSPS) is 25.6. The molecule has 1 fully saturated rings. The Morgan fingerprint density at radius 3 is 2.27 bits per heavy atom. The first-order valence-electron chi connectivity index (χ1n) is 13.1. The van der Waals surface area contributed by atoms with Gasteiger partial charge in [0, 0.05) is 48.9 Å². The Kier molecular flexibility index (Phi) is 6.92. The second kappa shape index (κ2) is 9.90. The number of phenolic OH excluding ortho intramolecular Hbond substituents is 1. The molecule has 10 nitrogen and oxygen atoms in total. The SMILES string of the molecule is CNC(=O)C1=C(O)[C@@]2(O)C(=O)C3=C(O)c4c(O)c(-c5ccc(Cl)cc5)cc(N(C)C)c4C[C@H]3C[C@H]2[C@H](N(C)C)C1=O. The van der Waals surface area contributed by atoms with Gasteiger partial charge in [-0.05, 0) is 62.2 Å². The van der Waals surface area contributed by atoms with Crippen LogP contribution in [0.5, 0.6) is 5.75 Å². The molecule has 0 saturated heterocycles. The fourth-order valence-corrected chi connectivity index (χ4v) is 6.77. The van der Waals surface area contributed by atoms with Gasteiger partial charge in [0.2, 0.25) is 5.78 Å². The maximum Gasteiger partial charge on any atom is 0.258 e. The molecule has 3 aliphatic carbocycles. The van der Waals surface area contributed by atoms with E-state index < -0.39 is 58.0 Å². The molecule has 0 spiro atoms. The van der Waals surface area contributed by atoms with E-state index >= 15 is 0 Å². The van der Waals surface area contributed by atoms with E-state index in [1.165, 1.54) is 11.9 Å². The Hall–Kier alpha value is -3.86. The van der Waals surface area contributed by atoms with Gasteiger partial charge in [-0.3, -0.25) is 19.3 Å². The van der Waals surface area contributed by atoms with Crippen molar-refractivity contribution >= 4 is 40.5 Å². The zero-order valence-electron chi connectivity index (χ0n) is 23.3. The number of aromatic hydroxyl groups is 1. The van der Waals surface area contributed by atoms with Gasteiger partial charge in [0.15, 0.2) is 11.4 Å². The van der Waals surface area contributed by atoms with Crippen LogP contribution in [0.1, 0.15) is 17.5 Å². The largest absolute Gasteiger partial charge is 0.508 e. The third-order valence-corrected chi connectivity index (χ3v) is 8.79. The van der Waals surface area contributed by atoms with Crippen LogP contribution < -0.4 is 10.2 Å². The van der Waals surface area contributed by atoms with Crippen molar-refractivity contribution in [3.8, 4) is 16.9 Å². The van der Waals surface area contributed by atoms with Crippen molar-refractivity contribution in [3.05, 3.63) is 63.4 Å². The number of likely N-dealkylation sites (N-methyl/N-ethyl adjacent to an activating group) is 2. The molecule has 0 bridgehead atoms. The summed E-state index contributed by atoms with van der Waals surface area (Å²) in [6, 6.07) is 7.50. The van der Waals surface area contributed by atoms with E-state index in [1.54, 1.807) is 44.4 Å². The minimum Gasteiger partial charge on any atom is -0.508 e. The summed E-state index contributed by atoms with van der Waals surface area (Å²) >= 11 is 6.06. The molecule has 1 amide bonds. The number of carbonyl (C=O) groups is 3. The van der Waals surface area contributed by atoms with Gasteiger partial charge >= 0.3 is 0 Å². The van der Waals surface area contributed by atoms with E-state index in [9.17, 15) is 34.8 Å². The first-order chi connectivity index (χ1) is 19.2. The van der Waals surface area contributed by atoms with E-state index in [0.29, 0.717) is 27.4 Å². The Bertz CT molecular complexity index is 1560. The van der Waals surface area contributed by atoms with Crippen molar-refractivity contribution in [1.82, 2.24) is 10.2 Å². The van der Waals surface area contributed by atoms with Gasteiger partial charge in [0.25, 0.3) is 5.91 Å². The number of rotatable bonds is 4. The number of phenols is 1. The van der Waals surface area contributed by atoms with E-state index in [2.05, 4.69) is 5.32 Å². The number of hydrogen-bond donors (Lipinski definition) is 5. The van der Waals surface area contributed by atoms with Gasteiger partial charge < -0.3 is 30.6 Å². The number of carbonyl (C=O) groups excluding carboxylic acids is 3. The number of Topliss-reactive ketones (excluding diaryl/α,β-unsaturated/α-hetero) is 2. The molecule has 0 radical (unpaired) electrons. The van der Waals surface area contributed by atoms with Crippen LogP contribution in [0.3, 0.4) is 0 Å². The lowest BCUT2D eigenvalue weighted by molar-refractivity contribution is -0.153. The smallest absolute Gasteiger partial charge is 0.258 e. The van der Waals surface area contributed by atoms with Gasteiger partial charge in [-0.2, -0.15) is 0 Å². The first-order valence-corrected chi connectivity index (χ1v) is 13.5. The van der Waals surface area contributed by atoms with Crippen LogP contribution in [0.4, 0.5) is 5.69 Å². The number of amides is 1.